The minimum atomic E-state index is -5.06. The van der Waals surface area contributed by atoms with E-state index in [-0.39, 0.29) is 36.3 Å². The molecule has 2 fully saturated rings. The molecule has 1 aromatic carbocycles. The summed E-state index contributed by atoms with van der Waals surface area (Å²) in [5, 5.41) is 18.3. The number of nitrogens with two attached hydrogens (primary N) is 4. The van der Waals surface area contributed by atoms with Gasteiger partial charge < -0.3 is 84.1 Å². The maximum absolute atomic E-state index is 13.0. The lowest BCUT2D eigenvalue weighted by atomic mass is 10.0. The van der Waals surface area contributed by atoms with Crippen LogP contribution < -0.4 is 59.6 Å². The van der Waals surface area contributed by atoms with Gasteiger partial charge in [-0.2, -0.15) is 26.3 Å². The van der Waals surface area contributed by atoms with Crippen LogP contribution in [0.3, 0.4) is 0 Å². The molecule has 2 aliphatic heterocycles. The molecule has 2 aliphatic rings. The Morgan fingerprint density at radius 1 is 0.496 bits per heavy atom. The first-order valence-corrected chi connectivity index (χ1v) is 40.9. The van der Waals surface area contributed by atoms with E-state index in [1.165, 1.54) is 108 Å². The number of amides is 3. The smallest absolute Gasteiger partial charge is 0.471 e. The van der Waals surface area contributed by atoms with Gasteiger partial charge in [0, 0.05) is 128 Å². The SMILES string of the molecule is CCN(CC)CCCCN(Cc1cc(CNC(=O)C(F)(F)F)ccn1)C(=O)C(F)(F)F.CCN(CC)CCCCNCc1cc(CN)ccn1.CN(C)CCCCCNCc1cc(CN)ccn1.COc1ccccc1CN1CCC(NC(=O)CNCc2cc(CN)ccn2)CC1.NCc1ccnc(CNCCCCN2CCC2)c1. The van der Waals surface area contributed by atoms with Crippen LogP contribution in [0.5, 0.6) is 5.75 Å². The summed E-state index contributed by atoms with van der Waals surface area (Å²) in [6.45, 7) is 29.8. The van der Waals surface area contributed by atoms with Crippen molar-refractivity contribution >= 4 is 17.7 Å². The van der Waals surface area contributed by atoms with Gasteiger partial charge in [0.1, 0.15) is 5.75 Å². The number of halogens is 6. The molecule has 8 rings (SSSR count). The van der Waals surface area contributed by atoms with Gasteiger partial charge in [-0.25, -0.2) is 0 Å². The second-order valence-corrected chi connectivity index (χ2v) is 28.8. The fraction of sp³-hybridized carbons (Fsp3) is 0.595. The molecule has 0 spiro atoms. The van der Waals surface area contributed by atoms with Crippen molar-refractivity contribution in [2.75, 3.05) is 132 Å². The van der Waals surface area contributed by atoms with Gasteiger partial charge in [-0.05, 0) is 264 Å². The highest BCUT2D eigenvalue weighted by Gasteiger charge is 2.42. The number of nitrogens with zero attached hydrogens (tertiary/aromatic N) is 11. The molecule has 7 heterocycles. The topological polar surface area (TPSA) is 321 Å². The molecule has 2 saturated heterocycles. The van der Waals surface area contributed by atoms with Crippen LogP contribution >= 0.6 is 0 Å². The third kappa shape index (κ3) is 44.4. The summed E-state index contributed by atoms with van der Waals surface area (Å²) in [7, 11) is 5.95. The summed E-state index contributed by atoms with van der Waals surface area (Å²) in [6.07, 6.45) is 11.4. The molecular formula is C84H135F6N21O4. The average molecular weight is 1620 g/mol. The maximum Gasteiger partial charge on any atom is 0.471 e. The quantitative estimate of drug-likeness (QED) is 0.0126. The average Bonchev–Trinajstić information content (AvgIpc) is 0.854. The zero-order valence-corrected chi connectivity index (χ0v) is 69.5. The monoisotopic (exact) mass is 1620 g/mol. The molecule has 115 heavy (non-hydrogen) atoms. The van der Waals surface area contributed by atoms with Crippen molar-refractivity contribution in [3.05, 3.63) is 178 Å². The lowest BCUT2D eigenvalue weighted by molar-refractivity contribution is -0.186. The first kappa shape index (κ1) is 99.6. The van der Waals surface area contributed by atoms with Crippen LogP contribution in [0.1, 0.15) is 167 Å². The first-order chi connectivity index (χ1) is 55.4. The molecular weight excluding hydrogens is 1480 g/mol. The second-order valence-electron chi connectivity index (χ2n) is 28.8. The van der Waals surface area contributed by atoms with Crippen LogP contribution in [0.4, 0.5) is 26.3 Å². The molecule has 0 radical (unpaired) electrons. The number of carbonyl (C=O) groups is 3. The number of aromatic nitrogens is 5. The Labute approximate surface area is 680 Å². The molecule has 0 bridgehead atoms. The number of hydrogen-bond donors (Lipinski definition) is 10. The third-order valence-electron chi connectivity index (χ3n) is 19.5. The zero-order valence-electron chi connectivity index (χ0n) is 69.5. The van der Waals surface area contributed by atoms with Crippen molar-refractivity contribution < 1.29 is 45.5 Å². The number of carbonyl (C=O) groups excluding carboxylic acids is 3. The minimum Gasteiger partial charge on any atom is -0.496 e. The van der Waals surface area contributed by atoms with Crippen LogP contribution in [-0.4, -0.2) is 223 Å². The van der Waals surface area contributed by atoms with Gasteiger partial charge in [0.2, 0.25) is 5.91 Å². The van der Waals surface area contributed by atoms with Crippen molar-refractivity contribution in [1.82, 2.24) is 86.2 Å². The van der Waals surface area contributed by atoms with E-state index >= 15 is 0 Å². The Balaban J connectivity index is 0.000000309. The van der Waals surface area contributed by atoms with E-state index in [9.17, 15) is 40.7 Å². The predicted octanol–water partition coefficient (Wildman–Crippen LogP) is 8.92. The summed E-state index contributed by atoms with van der Waals surface area (Å²) in [5.41, 5.74) is 32.6. The summed E-state index contributed by atoms with van der Waals surface area (Å²) in [4.78, 5) is 68.5. The Bertz CT molecular complexity index is 3570. The number of nitrogens with one attached hydrogen (secondary N) is 6. The molecule has 0 atom stereocenters. The van der Waals surface area contributed by atoms with Crippen molar-refractivity contribution in [3.63, 3.8) is 0 Å². The van der Waals surface area contributed by atoms with Gasteiger partial charge in [0.15, 0.2) is 0 Å². The summed E-state index contributed by atoms with van der Waals surface area (Å²) in [5.74, 6) is -3.18. The Kier molecular flexibility index (Phi) is 51.1. The maximum atomic E-state index is 13.0. The number of methoxy groups -OCH3 is 1. The van der Waals surface area contributed by atoms with Crippen LogP contribution in [0.25, 0.3) is 0 Å². The van der Waals surface area contributed by atoms with E-state index in [1.807, 2.05) is 81.0 Å². The van der Waals surface area contributed by atoms with Gasteiger partial charge in [-0.3, -0.25) is 44.2 Å². The van der Waals surface area contributed by atoms with Crippen LogP contribution in [0, 0.1) is 0 Å². The zero-order chi connectivity index (χ0) is 83.9. The van der Waals surface area contributed by atoms with Crippen molar-refractivity contribution in [2.45, 2.75) is 195 Å². The number of unbranched alkanes of at least 4 members (excludes halogenated alkanes) is 5. The highest BCUT2D eigenvalue weighted by Crippen LogP contribution is 2.24. The van der Waals surface area contributed by atoms with E-state index < -0.39 is 37.3 Å². The Morgan fingerprint density at radius 3 is 1.37 bits per heavy atom. The van der Waals surface area contributed by atoms with E-state index in [1.54, 1.807) is 18.6 Å². The highest BCUT2D eigenvalue weighted by atomic mass is 19.4. The van der Waals surface area contributed by atoms with Crippen LogP contribution in [0.2, 0.25) is 0 Å². The number of ether oxygens (including phenoxy) is 1. The highest BCUT2D eigenvalue weighted by molar-refractivity contribution is 5.82. The van der Waals surface area contributed by atoms with Gasteiger partial charge in [0.05, 0.1) is 48.7 Å². The largest absolute Gasteiger partial charge is 0.496 e. The number of pyridine rings is 5. The first-order valence-electron chi connectivity index (χ1n) is 40.9. The molecule has 3 amide bonds. The molecule has 6 aromatic rings. The van der Waals surface area contributed by atoms with Gasteiger partial charge in [0.25, 0.3) is 0 Å². The van der Waals surface area contributed by atoms with Gasteiger partial charge in [-0.1, -0.05) is 52.3 Å². The normalized spacial score (nSPS) is 13.1. The predicted molar refractivity (Wildman–Crippen MR) is 445 cm³/mol. The van der Waals surface area contributed by atoms with Gasteiger partial charge >= 0.3 is 24.2 Å². The number of benzene rings is 1. The van der Waals surface area contributed by atoms with E-state index in [0.717, 1.165) is 149 Å². The summed E-state index contributed by atoms with van der Waals surface area (Å²) < 4.78 is 81.2. The number of rotatable bonds is 47. The molecule has 642 valence electrons. The molecule has 0 unspecified atom stereocenters. The Hall–Kier alpha value is -7.76. The molecule has 5 aromatic heterocycles. The fourth-order valence-corrected chi connectivity index (χ4v) is 12.5. The number of piperidine rings is 1. The standard InChI is InChI=1S/C22H31N5O2.C19H26F6N4O2.C15H28N4.C14H24N4.C14H26N4/c1-29-21-5-3-2-4-18(21)16-27-10-7-19(8-11-27)26-22(28)15-24-14-20-12-17(13-23)6-9-25-20;1-3-28(4-2)9-5-6-10-29(17(31)19(23,24)25)13-15-11-14(7-8-26-15)12-27-16(30)18(20,21)22;1-3-19(4-2)10-6-5-8-17-13-15-11-14(12-16)7-9-18-15;15-11-13-4-6-17-14(10-13)12-16-5-1-2-7-18-8-3-9-18;1-18(2)9-5-3-4-7-16-12-14-10-13(11-15)6-8-17-14/h2-6,9,12,19,24H,7-8,10-11,13-16,23H2,1H3,(H,26,28);7-8,11H,3-6,9-10,12-13H2,1-2H3,(H,27,30);7,9,11,17H,3-6,8,10,12-13,16H2,1-2H3;4,6,10,16H,1-3,5,7-9,11-12,15H2;6,8,10,16H,3-5,7,9,11-12,15H2,1-2H3. The molecule has 14 N–H and O–H groups in total. The second kappa shape index (κ2) is 59.0. The van der Waals surface area contributed by atoms with Crippen molar-refractivity contribution in [3.8, 4) is 5.75 Å². The summed E-state index contributed by atoms with van der Waals surface area (Å²) >= 11 is 0. The minimum absolute atomic E-state index is 0.0307. The number of likely N-dealkylation sites (tertiary alicyclic amines) is 2. The van der Waals surface area contributed by atoms with E-state index in [2.05, 4.69) is 128 Å². The lowest BCUT2D eigenvalue weighted by Crippen LogP contribution is -2.46. The van der Waals surface area contributed by atoms with Gasteiger partial charge in [-0.15, -0.1) is 0 Å². The van der Waals surface area contributed by atoms with E-state index in [4.69, 9.17) is 27.7 Å². The fourth-order valence-electron chi connectivity index (χ4n) is 12.5. The van der Waals surface area contributed by atoms with Crippen molar-refractivity contribution in [2.24, 2.45) is 22.9 Å². The lowest BCUT2D eigenvalue weighted by Gasteiger charge is -2.32. The number of alkyl halides is 6. The third-order valence-corrected chi connectivity index (χ3v) is 19.5. The Morgan fingerprint density at radius 2 is 0.922 bits per heavy atom. The van der Waals surface area contributed by atoms with Crippen LogP contribution in [-0.2, 0) is 86.4 Å². The number of para-hydroxylation sites is 1. The van der Waals surface area contributed by atoms with Crippen LogP contribution in [0.15, 0.2) is 116 Å². The van der Waals surface area contributed by atoms with E-state index in [0.29, 0.717) is 57.0 Å². The molecule has 31 heteroatoms. The molecule has 0 aliphatic carbocycles. The van der Waals surface area contributed by atoms with Crippen molar-refractivity contribution in [1.29, 1.82) is 0 Å². The number of hydrogen-bond acceptors (Lipinski definition) is 22. The molecule has 25 nitrogen and oxygen atoms in total. The summed E-state index contributed by atoms with van der Waals surface area (Å²) in [6, 6.07) is 26.9. The molecule has 0 saturated carbocycles.